The maximum Gasteiger partial charge on any atom is 0.411 e. The molecule has 6 nitrogen and oxygen atoms in total. The summed E-state index contributed by atoms with van der Waals surface area (Å²) in [5.41, 5.74) is 4.40. The summed E-state index contributed by atoms with van der Waals surface area (Å²) in [6, 6.07) is 18.8. The van der Waals surface area contributed by atoms with E-state index in [1.807, 2.05) is 38.1 Å². The van der Waals surface area contributed by atoms with Crippen molar-refractivity contribution in [3.05, 3.63) is 83.2 Å². The quantitative estimate of drug-likeness (QED) is 0.597. The molecule has 0 saturated carbocycles. The number of amides is 1. The van der Waals surface area contributed by atoms with Crippen LogP contribution >= 0.6 is 0 Å². The summed E-state index contributed by atoms with van der Waals surface area (Å²) in [5, 5.41) is 2.56. The number of hydrogen-bond acceptors (Lipinski definition) is 4. The van der Waals surface area contributed by atoms with Crippen LogP contribution in [0.3, 0.4) is 0 Å². The normalized spacial score (nSPS) is 10.4. The van der Waals surface area contributed by atoms with Gasteiger partial charge in [0.15, 0.2) is 6.61 Å². The van der Waals surface area contributed by atoms with E-state index in [1.54, 1.807) is 24.3 Å². The van der Waals surface area contributed by atoms with Crippen LogP contribution in [0, 0.1) is 13.8 Å². The number of nitrogens with zero attached hydrogens (tertiary/aromatic N) is 1. The minimum absolute atomic E-state index is 0.0561. The van der Waals surface area contributed by atoms with Crippen LogP contribution < -0.4 is 10.1 Å². The third kappa shape index (κ3) is 5.04. The molecule has 150 valence electrons. The topological polar surface area (TPSA) is 69.6 Å². The van der Waals surface area contributed by atoms with Gasteiger partial charge in [0.25, 0.3) is 0 Å². The van der Waals surface area contributed by atoms with Gasteiger partial charge in [0, 0.05) is 29.2 Å². The monoisotopic (exact) mass is 392 g/mol. The second-order valence-corrected chi connectivity index (χ2v) is 6.71. The number of nitrogens with one attached hydrogen (secondary N) is 1. The third-order valence-electron chi connectivity index (χ3n) is 4.71. The van der Waals surface area contributed by atoms with Crippen molar-refractivity contribution in [2.75, 3.05) is 19.0 Å². The van der Waals surface area contributed by atoms with Gasteiger partial charge >= 0.3 is 6.09 Å². The zero-order valence-electron chi connectivity index (χ0n) is 16.8. The summed E-state index contributed by atoms with van der Waals surface area (Å²) in [5.74, 6) is 0.473. The van der Waals surface area contributed by atoms with Crippen molar-refractivity contribution in [3.63, 3.8) is 0 Å². The molecule has 6 heteroatoms. The molecule has 1 amide bonds. The molecule has 0 aliphatic heterocycles. The smallest absolute Gasteiger partial charge is 0.411 e. The number of carbonyl (C=O) groups is 2. The Hall–Kier alpha value is -3.54. The number of benzene rings is 2. The van der Waals surface area contributed by atoms with Crippen molar-refractivity contribution in [1.82, 2.24) is 4.57 Å². The van der Waals surface area contributed by atoms with E-state index in [1.165, 1.54) is 12.7 Å². The fourth-order valence-corrected chi connectivity index (χ4v) is 3.12. The number of aryl methyl sites for hydroxylation is 1. The highest BCUT2D eigenvalue weighted by molar-refractivity contribution is 5.98. The average molecular weight is 392 g/mol. The van der Waals surface area contributed by atoms with Crippen molar-refractivity contribution in [2.45, 2.75) is 20.4 Å². The Bertz CT molecular complexity index is 992. The van der Waals surface area contributed by atoms with Gasteiger partial charge in [-0.15, -0.1) is 0 Å². The third-order valence-corrected chi connectivity index (χ3v) is 4.71. The van der Waals surface area contributed by atoms with Gasteiger partial charge in [-0.1, -0.05) is 30.3 Å². The predicted octanol–water partition coefficient (Wildman–Crippen LogP) is 4.59. The first kappa shape index (κ1) is 20.2. The van der Waals surface area contributed by atoms with E-state index in [0.29, 0.717) is 17.0 Å². The van der Waals surface area contributed by atoms with Gasteiger partial charge in [-0.2, -0.15) is 0 Å². The number of Topliss-reactive ketones (excluding diaryl/α,β-unsaturated/α-hetero) is 1. The minimum Gasteiger partial charge on any atom is -0.485 e. The van der Waals surface area contributed by atoms with Gasteiger partial charge in [0.05, 0.1) is 7.11 Å². The van der Waals surface area contributed by atoms with Crippen LogP contribution in [-0.2, 0) is 11.3 Å². The van der Waals surface area contributed by atoms with Gasteiger partial charge in [0.1, 0.15) is 5.75 Å². The Kier molecular flexibility index (Phi) is 6.34. The standard InChI is InChI=1S/C23H24N2O4/c1-16-13-21(17(2)25(16)14-18-7-5-4-6-8-18)22(26)15-29-20-11-9-19(10-12-20)24-23(27)28-3/h4-13H,14-15H2,1-3H3,(H,24,27). The molecule has 0 saturated heterocycles. The fourth-order valence-electron chi connectivity index (χ4n) is 3.12. The maximum absolute atomic E-state index is 12.7. The second kappa shape index (κ2) is 9.10. The van der Waals surface area contributed by atoms with E-state index >= 15 is 0 Å². The Morgan fingerprint density at radius 3 is 2.34 bits per heavy atom. The first-order chi connectivity index (χ1) is 14.0. The number of rotatable bonds is 7. The van der Waals surface area contributed by atoms with E-state index in [2.05, 4.69) is 26.8 Å². The van der Waals surface area contributed by atoms with Crippen LogP contribution in [0.25, 0.3) is 0 Å². The molecule has 0 bridgehead atoms. The summed E-state index contributed by atoms with van der Waals surface area (Å²) < 4.78 is 12.3. The average Bonchev–Trinajstić information content (AvgIpc) is 3.02. The largest absolute Gasteiger partial charge is 0.485 e. The van der Waals surface area contributed by atoms with E-state index in [-0.39, 0.29) is 12.4 Å². The number of anilines is 1. The van der Waals surface area contributed by atoms with Gasteiger partial charge in [-0.05, 0) is 49.7 Å². The number of ether oxygens (including phenoxy) is 2. The van der Waals surface area contributed by atoms with Crippen LogP contribution in [0.4, 0.5) is 10.5 Å². The SMILES string of the molecule is COC(=O)Nc1ccc(OCC(=O)c2cc(C)n(Cc3ccccc3)c2C)cc1. The highest BCUT2D eigenvalue weighted by Crippen LogP contribution is 2.20. The molecule has 1 aromatic heterocycles. The molecule has 0 atom stereocenters. The molecule has 1 heterocycles. The van der Waals surface area contributed by atoms with Crippen LogP contribution in [0.2, 0.25) is 0 Å². The molecule has 0 fully saturated rings. The highest BCUT2D eigenvalue weighted by Gasteiger charge is 2.16. The molecule has 0 aliphatic carbocycles. The Balaban J connectivity index is 1.64. The summed E-state index contributed by atoms with van der Waals surface area (Å²) in [6.07, 6.45) is -0.542. The molecule has 2 aromatic carbocycles. The lowest BCUT2D eigenvalue weighted by Gasteiger charge is -2.10. The van der Waals surface area contributed by atoms with Gasteiger partial charge in [-0.25, -0.2) is 4.79 Å². The van der Waals surface area contributed by atoms with Gasteiger partial charge < -0.3 is 14.0 Å². The van der Waals surface area contributed by atoms with E-state index in [4.69, 9.17) is 4.74 Å². The Labute approximate surface area is 170 Å². The molecular formula is C23H24N2O4. The van der Waals surface area contributed by atoms with E-state index < -0.39 is 6.09 Å². The zero-order chi connectivity index (χ0) is 20.8. The summed E-state index contributed by atoms with van der Waals surface area (Å²) >= 11 is 0. The molecular weight excluding hydrogens is 368 g/mol. The summed E-state index contributed by atoms with van der Waals surface area (Å²) in [4.78, 5) is 23.9. The second-order valence-electron chi connectivity index (χ2n) is 6.71. The van der Waals surface area contributed by atoms with E-state index in [0.717, 1.165) is 17.9 Å². The van der Waals surface area contributed by atoms with E-state index in [9.17, 15) is 9.59 Å². The van der Waals surface area contributed by atoms with Crippen LogP contribution in [0.15, 0.2) is 60.7 Å². The van der Waals surface area contributed by atoms with Gasteiger partial charge in [0.2, 0.25) is 5.78 Å². The Morgan fingerprint density at radius 1 is 1.00 bits per heavy atom. The van der Waals surface area contributed by atoms with Crippen LogP contribution in [0.5, 0.6) is 5.75 Å². The number of carbonyl (C=O) groups excluding carboxylic acids is 2. The number of aromatic nitrogens is 1. The Morgan fingerprint density at radius 2 is 1.69 bits per heavy atom. The molecule has 3 aromatic rings. The number of methoxy groups -OCH3 is 1. The van der Waals surface area contributed by atoms with Crippen molar-refractivity contribution < 1.29 is 19.1 Å². The van der Waals surface area contributed by atoms with Gasteiger partial charge in [-0.3, -0.25) is 10.1 Å². The zero-order valence-corrected chi connectivity index (χ0v) is 16.8. The molecule has 0 spiro atoms. The lowest BCUT2D eigenvalue weighted by molar-refractivity contribution is 0.0921. The first-order valence-electron chi connectivity index (χ1n) is 9.29. The molecule has 29 heavy (non-hydrogen) atoms. The number of hydrogen-bond donors (Lipinski definition) is 1. The fraction of sp³-hybridized carbons (Fsp3) is 0.217. The van der Waals surface area contributed by atoms with Crippen molar-refractivity contribution in [1.29, 1.82) is 0 Å². The molecule has 0 unspecified atom stereocenters. The lowest BCUT2D eigenvalue weighted by atomic mass is 10.1. The molecule has 3 rings (SSSR count). The number of ketones is 1. The van der Waals surface area contributed by atoms with Crippen molar-refractivity contribution in [2.24, 2.45) is 0 Å². The maximum atomic E-state index is 12.7. The summed E-state index contributed by atoms with van der Waals surface area (Å²) in [6.45, 7) is 4.62. The minimum atomic E-state index is -0.542. The highest BCUT2D eigenvalue weighted by atomic mass is 16.5. The molecule has 0 radical (unpaired) electrons. The lowest BCUT2D eigenvalue weighted by Crippen LogP contribution is -2.13. The van der Waals surface area contributed by atoms with Crippen LogP contribution in [-0.4, -0.2) is 30.2 Å². The first-order valence-corrected chi connectivity index (χ1v) is 9.29. The predicted molar refractivity (Wildman–Crippen MR) is 112 cm³/mol. The summed E-state index contributed by atoms with van der Waals surface area (Å²) in [7, 11) is 1.30. The molecule has 0 aliphatic rings. The van der Waals surface area contributed by atoms with Crippen molar-refractivity contribution in [3.8, 4) is 5.75 Å². The molecule has 1 N–H and O–H groups in total. The van der Waals surface area contributed by atoms with Crippen molar-refractivity contribution >= 4 is 17.6 Å². The van der Waals surface area contributed by atoms with Crippen LogP contribution in [0.1, 0.15) is 27.3 Å².